The number of sulfone groups is 1. The zero-order chi connectivity index (χ0) is 24.8. The molecule has 0 aliphatic rings. The first-order valence-corrected chi connectivity index (χ1v) is 11.2. The van der Waals surface area contributed by atoms with E-state index < -0.39 is 55.2 Å². The van der Waals surface area contributed by atoms with Crippen molar-refractivity contribution in [2.45, 2.75) is 18.0 Å². The zero-order valence-corrected chi connectivity index (χ0v) is 18.0. The highest BCUT2D eigenvalue weighted by Crippen LogP contribution is 2.30. The third-order valence-electron chi connectivity index (χ3n) is 4.90. The van der Waals surface area contributed by atoms with Crippen molar-refractivity contribution in [2.24, 2.45) is 0 Å². The second kappa shape index (κ2) is 8.24. The van der Waals surface area contributed by atoms with Crippen molar-refractivity contribution in [3.8, 4) is 16.9 Å². The van der Waals surface area contributed by atoms with Crippen molar-refractivity contribution in [1.29, 1.82) is 0 Å². The van der Waals surface area contributed by atoms with Crippen molar-refractivity contribution < 1.29 is 30.4 Å². The highest BCUT2D eigenvalue weighted by Gasteiger charge is 2.31. The van der Waals surface area contributed by atoms with Gasteiger partial charge in [0.25, 0.3) is 5.56 Å². The Labute approximate surface area is 188 Å². The molecular formula is C21H13F5N4O3S. The zero-order valence-electron chi connectivity index (χ0n) is 17.1. The standard InChI is InChI=1S/C21H13F5N4O3S/c1-2-34(32,33)17-6-12(11-4-15(22)7-16(23)5-11)8-28-19(17)30-20(31)18-13(9-29-30)3-14(10-27-18)21(24,25)26/h3-10H,2H2,1H3. The molecule has 4 rings (SSSR count). The first kappa shape index (κ1) is 23.4. The number of fused-ring (bicyclic) bond motifs is 1. The minimum atomic E-state index is -4.69. The summed E-state index contributed by atoms with van der Waals surface area (Å²) in [4.78, 5) is 20.0. The Morgan fingerprint density at radius 3 is 2.21 bits per heavy atom. The smallest absolute Gasteiger partial charge is 0.265 e. The molecular weight excluding hydrogens is 483 g/mol. The van der Waals surface area contributed by atoms with Gasteiger partial charge >= 0.3 is 6.18 Å². The fourth-order valence-electron chi connectivity index (χ4n) is 3.20. The van der Waals surface area contributed by atoms with Gasteiger partial charge in [-0.25, -0.2) is 27.2 Å². The van der Waals surface area contributed by atoms with E-state index in [-0.39, 0.29) is 22.0 Å². The van der Waals surface area contributed by atoms with Crippen molar-refractivity contribution in [1.82, 2.24) is 19.7 Å². The summed E-state index contributed by atoms with van der Waals surface area (Å²) >= 11 is 0. The van der Waals surface area contributed by atoms with Gasteiger partial charge in [-0.3, -0.25) is 4.79 Å². The van der Waals surface area contributed by atoms with Crippen LogP contribution in [0.4, 0.5) is 22.0 Å². The van der Waals surface area contributed by atoms with Crippen molar-refractivity contribution in [3.05, 3.63) is 76.5 Å². The number of alkyl halides is 3. The number of halogens is 5. The van der Waals surface area contributed by atoms with E-state index in [1.165, 1.54) is 6.92 Å². The van der Waals surface area contributed by atoms with E-state index in [2.05, 4.69) is 15.1 Å². The predicted octanol–water partition coefficient (Wildman–Crippen LogP) is 3.93. The fourth-order valence-corrected chi connectivity index (χ4v) is 4.23. The van der Waals surface area contributed by atoms with Gasteiger partial charge in [0.1, 0.15) is 22.0 Å². The number of hydrogen-bond donors (Lipinski definition) is 0. The molecule has 0 saturated carbocycles. The molecule has 0 unspecified atom stereocenters. The second-order valence-corrected chi connectivity index (χ2v) is 9.38. The van der Waals surface area contributed by atoms with Gasteiger partial charge in [-0.05, 0) is 29.8 Å². The molecule has 0 spiro atoms. The van der Waals surface area contributed by atoms with Crippen LogP contribution in [0.25, 0.3) is 27.8 Å². The minimum absolute atomic E-state index is 0.00395. The summed E-state index contributed by atoms with van der Waals surface area (Å²) in [6.07, 6.45) is -2.19. The number of aromatic nitrogens is 4. The van der Waals surface area contributed by atoms with E-state index in [9.17, 15) is 35.2 Å². The molecule has 1 aromatic carbocycles. The van der Waals surface area contributed by atoms with E-state index >= 15 is 0 Å². The lowest BCUT2D eigenvalue weighted by atomic mass is 10.1. The largest absolute Gasteiger partial charge is 0.417 e. The van der Waals surface area contributed by atoms with Crippen LogP contribution in [0, 0.1) is 11.6 Å². The fraction of sp³-hybridized carbons (Fsp3) is 0.143. The van der Waals surface area contributed by atoms with Crippen molar-refractivity contribution in [2.75, 3.05) is 5.75 Å². The van der Waals surface area contributed by atoms with Crippen LogP contribution in [-0.2, 0) is 16.0 Å². The summed E-state index contributed by atoms with van der Waals surface area (Å²) in [5.41, 5.74) is -2.42. The molecule has 0 radical (unpaired) electrons. The highest BCUT2D eigenvalue weighted by molar-refractivity contribution is 7.91. The molecule has 0 bridgehead atoms. The maximum absolute atomic E-state index is 13.7. The minimum Gasteiger partial charge on any atom is -0.265 e. The van der Waals surface area contributed by atoms with Crippen LogP contribution in [0.2, 0.25) is 0 Å². The molecule has 0 N–H and O–H groups in total. The summed E-state index contributed by atoms with van der Waals surface area (Å²) < 4.78 is 92.3. The third-order valence-corrected chi connectivity index (χ3v) is 6.63. The second-order valence-electron chi connectivity index (χ2n) is 7.13. The molecule has 176 valence electrons. The topological polar surface area (TPSA) is 94.8 Å². The molecule has 0 aliphatic heterocycles. The number of rotatable bonds is 4. The summed E-state index contributed by atoms with van der Waals surface area (Å²) in [6.45, 7) is 1.34. The van der Waals surface area contributed by atoms with E-state index in [1.54, 1.807) is 0 Å². The highest BCUT2D eigenvalue weighted by atomic mass is 32.2. The molecule has 0 fully saturated rings. The summed E-state index contributed by atoms with van der Waals surface area (Å²) in [5, 5.41) is 3.58. The van der Waals surface area contributed by atoms with Gasteiger partial charge in [0, 0.05) is 29.4 Å². The first-order chi connectivity index (χ1) is 15.9. The number of pyridine rings is 2. The van der Waals surface area contributed by atoms with Gasteiger partial charge in [-0.1, -0.05) is 6.92 Å². The number of benzene rings is 1. The third kappa shape index (κ3) is 4.25. The Hall–Kier alpha value is -3.74. The van der Waals surface area contributed by atoms with Gasteiger partial charge < -0.3 is 0 Å². The lowest BCUT2D eigenvalue weighted by Crippen LogP contribution is -2.25. The van der Waals surface area contributed by atoms with E-state index in [4.69, 9.17) is 0 Å². The maximum Gasteiger partial charge on any atom is 0.417 e. The molecule has 0 aliphatic carbocycles. The Kier molecular flexibility index (Phi) is 5.67. The van der Waals surface area contributed by atoms with Gasteiger partial charge in [-0.15, -0.1) is 0 Å². The average molecular weight is 496 g/mol. The summed E-state index contributed by atoms with van der Waals surface area (Å²) in [7, 11) is -4.04. The molecule has 3 heterocycles. The average Bonchev–Trinajstić information content (AvgIpc) is 2.77. The van der Waals surface area contributed by atoms with Crippen molar-refractivity contribution in [3.63, 3.8) is 0 Å². The van der Waals surface area contributed by atoms with Crippen LogP contribution in [0.3, 0.4) is 0 Å². The van der Waals surface area contributed by atoms with Gasteiger partial charge in [0.15, 0.2) is 15.7 Å². The lowest BCUT2D eigenvalue weighted by molar-refractivity contribution is -0.137. The van der Waals surface area contributed by atoms with Crippen molar-refractivity contribution >= 4 is 20.7 Å². The van der Waals surface area contributed by atoms with E-state index in [0.29, 0.717) is 23.0 Å². The molecule has 34 heavy (non-hydrogen) atoms. The maximum atomic E-state index is 13.7. The molecule has 4 aromatic rings. The number of hydrogen-bond acceptors (Lipinski definition) is 6. The van der Waals surface area contributed by atoms with Gasteiger partial charge in [0.2, 0.25) is 0 Å². The van der Waals surface area contributed by atoms with E-state index in [0.717, 1.165) is 30.6 Å². The Morgan fingerprint density at radius 2 is 1.59 bits per heavy atom. The molecule has 0 atom stereocenters. The lowest BCUT2D eigenvalue weighted by Gasteiger charge is -2.13. The van der Waals surface area contributed by atoms with Gasteiger partial charge in [0.05, 0.1) is 17.5 Å². The summed E-state index contributed by atoms with van der Waals surface area (Å²) in [6, 6.07) is 4.38. The van der Waals surface area contributed by atoms with Crippen LogP contribution >= 0.6 is 0 Å². The monoisotopic (exact) mass is 496 g/mol. The first-order valence-electron chi connectivity index (χ1n) is 9.55. The van der Waals surface area contributed by atoms with Crippen LogP contribution in [0.5, 0.6) is 0 Å². The predicted molar refractivity (Wildman–Crippen MR) is 111 cm³/mol. The summed E-state index contributed by atoms with van der Waals surface area (Å²) in [5.74, 6) is -2.62. The molecule has 13 heteroatoms. The molecule has 3 aromatic heterocycles. The van der Waals surface area contributed by atoms with Crippen LogP contribution in [0.15, 0.2) is 58.6 Å². The normalized spacial score (nSPS) is 12.3. The SMILES string of the molecule is CCS(=O)(=O)c1cc(-c2cc(F)cc(F)c2)cnc1-n1ncc2cc(C(F)(F)F)cnc2c1=O. The Morgan fingerprint density at radius 1 is 0.912 bits per heavy atom. The molecule has 7 nitrogen and oxygen atoms in total. The van der Waals surface area contributed by atoms with Crippen LogP contribution in [0.1, 0.15) is 12.5 Å². The molecule has 0 saturated heterocycles. The van der Waals surface area contributed by atoms with Crippen LogP contribution < -0.4 is 5.56 Å². The Bertz CT molecular complexity index is 1580. The van der Waals surface area contributed by atoms with Crippen LogP contribution in [-0.4, -0.2) is 33.9 Å². The van der Waals surface area contributed by atoms with E-state index in [1.807, 2.05) is 0 Å². The number of nitrogens with zero attached hydrogens (tertiary/aromatic N) is 4. The van der Waals surface area contributed by atoms with Gasteiger partial charge in [-0.2, -0.15) is 23.0 Å². The molecule has 0 amide bonds. The quantitative estimate of drug-likeness (QED) is 0.398. The Balaban J connectivity index is 1.95.